The van der Waals surface area contributed by atoms with Gasteiger partial charge in [-0.05, 0) is 55.5 Å². The summed E-state index contributed by atoms with van der Waals surface area (Å²) in [5.41, 5.74) is 1.13. The standard InChI is InChI=1S/C26H32F3N3O2/c27-26(28,29)20-12-14-22(15-13-20)32-16-6-9-21(17-32)30-23-10-4-5-11-24(23)31-25(33)34-18-19-7-2-1-3-8-19/h1-3,7-8,12-15,21,23-24,30H,4-6,9-11,16-18H2,(H,31,33)/t21-,23+,24+/m0/s1. The molecule has 2 aliphatic rings. The minimum absolute atomic E-state index is 0.00142. The van der Waals surface area contributed by atoms with Gasteiger partial charge in [0.15, 0.2) is 0 Å². The summed E-state index contributed by atoms with van der Waals surface area (Å²) in [7, 11) is 0. The second-order valence-corrected chi connectivity index (χ2v) is 9.20. The van der Waals surface area contributed by atoms with Crippen LogP contribution in [0, 0.1) is 0 Å². The number of alkyl carbamates (subject to hydrolysis) is 1. The molecule has 5 nitrogen and oxygen atoms in total. The minimum atomic E-state index is -4.32. The number of amides is 1. The molecule has 2 N–H and O–H groups in total. The predicted molar refractivity (Wildman–Crippen MR) is 126 cm³/mol. The van der Waals surface area contributed by atoms with Gasteiger partial charge < -0.3 is 20.3 Å². The van der Waals surface area contributed by atoms with Gasteiger partial charge in [0.25, 0.3) is 0 Å². The number of hydrogen-bond donors (Lipinski definition) is 2. The van der Waals surface area contributed by atoms with E-state index in [9.17, 15) is 18.0 Å². The van der Waals surface area contributed by atoms with Crippen molar-refractivity contribution in [2.45, 2.75) is 69.4 Å². The molecular weight excluding hydrogens is 443 g/mol. The molecule has 2 aromatic carbocycles. The number of nitrogens with one attached hydrogen (secondary N) is 2. The fourth-order valence-electron chi connectivity index (χ4n) is 4.93. The van der Waals surface area contributed by atoms with Crippen molar-refractivity contribution < 1.29 is 22.7 Å². The van der Waals surface area contributed by atoms with Crippen LogP contribution in [0.5, 0.6) is 0 Å². The first-order valence-corrected chi connectivity index (χ1v) is 12.0. The van der Waals surface area contributed by atoms with Crippen LogP contribution in [0.25, 0.3) is 0 Å². The number of hydrogen-bond acceptors (Lipinski definition) is 4. The zero-order valence-electron chi connectivity index (χ0n) is 19.2. The average Bonchev–Trinajstić information content (AvgIpc) is 2.84. The maximum atomic E-state index is 12.9. The Morgan fingerprint density at radius 1 is 0.941 bits per heavy atom. The van der Waals surface area contributed by atoms with E-state index in [-0.39, 0.29) is 24.7 Å². The molecule has 0 aromatic heterocycles. The number of ether oxygens (including phenoxy) is 1. The van der Waals surface area contributed by atoms with Crippen LogP contribution in [-0.2, 0) is 17.5 Å². The molecule has 1 saturated heterocycles. The van der Waals surface area contributed by atoms with E-state index in [0.29, 0.717) is 0 Å². The van der Waals surface area contributed by atoms with E-state index in [1.165, 1.54) is 0 Å². The summed E-state index contributed by atoms with van der Waals surface area (Å²) >= 11 is 0. The van der Waals surface area contributed by atoms with Gasteiger partial charge in [-0.2, -0.15) is 13.2 Å². The van der Waals surface area contributed by atoms with Crippen LogP contribution in [0.4, 0.5) is 23.7 Å². The molecule has 3 atom stereocenters. The number of benzene rings is 2. The minimum Gasteiger partial charge on any atom is -0.445 e. The Bertz CT molecular complexity index is 921. The SMILES string of the molecule is O=C(N[C@@H]1CCCC[C@H]1N[C@H]1CCCN(c2ccc(C(F)(F)F)cc2)C1)OCc1ccccc1. The predicted octanol–water partition coefficient (Wildman–Crippen LogP) is 5.50. The van der Waals surface area contributed by atoms with E-state index in [2.05, 4.69) is 15.5 Å². The van der Waals surface area contributed by atoms with E-state index in [1.807, 2.05) is 30.3 Å². The summed E-state index contributed by atoms with van der Waals surface area (Å²) in [4.78, 5) is 14.5. The van der Waals surface area contributed by atoms with Gasteiger partial charge in [0, 0.05) is 36.9 Å². The normalized spacial score (nSPS) is 23.4. The smallest absolute Gasteiger partial charge is 0.416 e. The maximum absolute atomic E-state index is 12.9. The van der Waals surface area contributed by atoms with E-state index in [4.69, 9.17) is 4.74 Å². The average molecular weight is 476 g/mol. The summed E-state index contributed by atoms with van der Waals surface area (Å²) in [6.07, 6.45) is 1.26. The lowest BCUT2D eigenvalue weighted by molar-refractivity contribution is -0.137. The Morgan fingerprint density at radius 3 is 2.35 bits per heavy atom. The first kappa shape index (κ1) is 24.4. The molecule has 1 aliphatic heterocycles. The molecule has 1 heterocycles. The van der Waals surface area contributed by atoms with Crippen molar-refractivity contribution in [3.63, 3.8) is 0 Å². The molecule has 0 unspecified atom stereocenters. The lowest BCUT2D eigenvalue weighted by Gasteiger charge is -2.40. The molecule has 8 heteroatoms. The van der Waals surface area contributed by atoms with Crippen LogP contribution in [0.15, 0.2) is 54.6 Å². The van der Waals surface area contributed by atoms with Crippen molar-refractivity contribution in [1.82, 2.24) is 10.6 Å². The highest BCUT2D eigenvalue weighted by atomic mass is 19.4. The Balaban J connectivity index is 1.30. The monoisotopic (exact) mass is 475 g/mol. The molecule has 0 spiro atoms. The summed E-state index contributed by atoms with van der Waals surface area (Å²) < 4.78 is 44.1. The van der Waals surface area contributed by atoms with Gasteiger partial charge in [-0.1, -0.05) is 43.2 Å². The lowest BCUT2D eigenvalue weighted by Crippen LogP contribution is -2.57. The zero-order chi connectivity index (χ0) is 24.0. The second kappa shape index (κ2) is 11.1. The quantitative estimate of drug-likeness (QED) is 0.579. The number of piperidine rings is 1. The third kappa shape index (κ3) is 6.65. The van der Waals surface area contributed by atoms with Crippen molar-refractivity contribution >= 4 is 11.8 Å². The van der Waals surface area contributed by atoms with Gasteiger partial charge in [-0.25, -0.2) is 4.79 Å². The number of carbonyl (C=O) groups is 1. The van der Waals surface area contributed by atoms with Crippen LogP contribution in [0.1, 0.15) is 49.7 Å². The number of halogens is 3. The van der Waals surface area contributed by atoms with Gasteiger partial charge in [-0.15, -0.1) is 0 Å². The van der Waals surface area contributed by atoms with Crippen molar-refractivity contribution in [3.05, 3.63) is 65.7 Å². The third-order valence-electron chi connectivity index (χ3n) is 6.71. The molecule has 2 aromatic rings. The summed E-state index contributed by atoms with van der Waals surface area (Å²) in [5.74, 6) is 0. The Labute approximate surface area is 198 Å². The third-order valence-corrected chi connectivity index (χ3v) is 6.71. The zero-order valence-corrected chi connectivity index (χ0v) is 19.2. The van der Waals surface area contributed by atoms with Gasteiger partial charge in [0.05, 0.1) is 5.56 Å². The molecule has 184 valence electrons. The maximum Gasteiger partial charge on any atom is 0.416 e. The summed E-state index contributed by atoms with van der Waals surface area (Å²) in [5, 5.41) is 6.78. The highest BCUT2D eigenvalue weighted by Crippen LogP contribution is 2.31. The van der Waals surface area contributed by atoms with Crippen molar-refractivity contribution in [1.29, 1.82) is 0 Å². The second-order valence-electron chi connectivity index (χ2n) is 9.20. The Kier molecular flexibility index (Phi) is 7.98. The van der Waals surface area contributed by atoms with Crippen LogP contribution in [-0.4, -0.2) is 37.3 Å². The van der Waals surface area contributed by atoms with E-state index >= 15 is 0 Å². The van der Waals surface area contributed by atoms with Crippen molar-refractivity contribution in [2.75, 3.05) is 18.0 Å². The van der Waals surface area contributed by atoms with Crippen LogP contribution < -0.4 is 15.5 Å². The van der Waals surface area contributed by atoms with Crippen LogP contribution in [0.3, 0.4) is 0 Å². The van der Waals surface area contributed by atoms with E-state index < -0.39 is 17.8 Å². The molecule has 2 fully saturated rings. The van der Waals surface area contributed by atoms with Crippen LogP contribution in [0.2, 0.25) is 0 Å². The fraction of sp³-hybridized carbons (Fsp3) is 0.500. The number of nitrogens with zero attached hydrogens (tertiary/aromatic N) is 1. The molecular formula is C26H32F3N3O2. The molecule has 1 saturated carbocycles. The summed E-state index contributed by atoms with van der Waals surface area (Å²) in [6.45, 7) is 1.79. The lowest BCUT2D eigenvalue weighted by atomic mass is 9.89. The Morgan fingerprint density at radius 2 is 1.65 bits per heavy atom. The first-order chi connectivity index (χ1) is 16.4. The number of alkyl halides is 3. The summed E-state index contributed by atoms with van der Waals surface area (Å²) in [6, 6.07) is 15.4. The highest BCUT2D eigenvalue weighted by molar-refractivity contribution is 5.67. The van der Waals surface area contributed by atoms with Gasteiger partial charge >= 0.3 is 12.3 Å². The largest absolute Gasteiger partial charge is 0.445 e. The van der Waals surface area contributed by atoms with Crippen molar-refractivity contribution in [2.24, 2.45) is 0 Å². The van der Waals surface area contributed by atoms with E-state index in [1.54, 1.807) is 12.1 Å². The highest BCUT2D eigenvalue weighted by Gasteiger charge is 2.32. The molecule has 34 heavy (non-hydrogen) atoms. The van der Waals surface area contributed by atoms with Crippen molar-refractivity contribution in [3.8, 4) is 0 Å². The number of carbonyl (C=O) groups excluding carboxylic acids is 1. The Hall–Kier alpha value is -2.74. The molecule has 1 aliphatic carbocycles. The van der Waals surface area contributed by atoms with E-state index in [0.717, 1.165) is 75.0 Å². The van der Waals surface area contributed by atoms with Crippen LogP contribution >= 0.6 is 0 Å². The number of anilines is 1. The van der Waals surface area contributed by atoms with Gasteiger partial charge in [-0.3, -0.25) is 0 Å². The van der Waals surface area contributed by atoms with Gasteiger partial charge in [0.1, 0.15) is 6.61 Å². The number of rotatable bonds is 6. The fourth-order valence-corrected chi connectivity index (χ4v) is 4.93. The first-order valence-electron chi connectivity index (χ1n) is 12.0. The molecule has 0 bridgehead atoms. The molecule has 1 amide bonds. The van der Waals surface area contributed by atoms with Gasteiger partial charge in [0.2, 0.25) is 0 Å². The molecule has 0 radical (unpaired) electrons. The molecule has 4 rings (SSSR count). The topological polar surface area (TPSA) is 53.6 Å².